The molecule has 1 spiro atoms. The molecule has 9 heteroatoms. The zero-order valence-electron chi connectivity index (χ0n) is 21.7. The van der Waals surface area contributed by atoms with Gasteiger partial charge in [0.2, 0.25) is 21.8 Å². The number of benzene rings is 2. The Bertz CT molecular complexity index is 1200. The molecule has 8 nitrogen and oxygen atoms in total. The first kappa shape index (κ1) is 27.1. The number of fused-ring (bicyclic) bond motifs is 1. The number of hydrogen-bond acceptors (Lipinski definition) is 5. The summed E-state index contributed by atoms with van der Waals surface area (Å²) in [6.45, 7) is 4.76. The molecule has 2 aromatic carbocycles. The Balaban J connectivity index is 1.36. The summed E-state index contributed by atoms with van der Waals surface area (Å²) in [5, 5.41) is 3.14. The lowest BCUT2D eigenvalue weighted by Gasteiger charge is -2.41. The van der Waals surface area contributed by atoms with Gasteiger partial charge in [-0.1, -0.05) is 42.3 Å². The molecule has 0 saturated carbocycles. The van der Waals surface area contributed by atoms with Crippen LogP contribution in [0.2, 0.25) is 0 Å². The maximum atomic E-state index is 13.4. The summed E-state index contributed by atoms with van der Waals surface area (Å²) >= 11 is 0. The van der Waals surface area contributed by atoms with Crippen molar-refractivity contribution in [2.45, 2.75) is 63.3 Å². The molecule has 0 unspecified atom stereocenters. The third-order valence-corrected chi connectivity index (χ3v) is 8.91. The Kier molecular flexibility index (Phi) is 8.54. The number of carbonyl (C=O) groups is 2. The van der Waals surface area contributed by atoms with E-state index < -0.39 is 15.4 Å². The third-order valence-electron chi connectivity index (χ3n) is 7.49. The van der Waals surface area contributed by atoms with Gasteiger partial charge in [-0.15, -0.1) is 0 Å². The molecule has 4 rings (SSSR count). The van der Waals surface area contributed by atoms with Gasteiger partial charge < -0.3 is 15.0 Å². The lowest BCUT2D eigenvalue weighted by molar-refractivity contribution is -0.141. The van der Waals surface area contributed by atoms with Crippen molar-refractivity contribution in [1.29, 1.82) is 0 Å². The number of aryl methyl sites for hydroxylation is 2. The van der Waals surface area contributed by atoms with Crippen LogP contribution in [-0.4, -0.2) is 57.4 Å². The Morgan fingerprint density at radius 1 is 1.08 bits per heavy atom. The molecule has 2 amide bonds. The Morgan fingerprint density at radius 3 is 2.51 bits per heavy atom. The molecule has 1 saturated heterocycles. The van der Waals surface area contributed by atoms with Crippen molar-refractivity contribution in [3.63, 3.8) is 0 Å². The van der Waals surface area contributed by atoms with Gasteiger partial charge >= 0.3 is 0 Å². The monoisotopic (exact) mass is 527 g/mol. The average Bonchev–Trinajstić information content (AvgIpc) is 2.89. The van der Waals surface area contributed by atoms with Gasteiger partial charge in [0.1, 0.15) is 12.4 Å². The standard InChI is InChI=1S/C28H37N3O5S/c1-21-10-12-24(13-11-21)37(34,35)29-19-26(32)31-17-15-28(16-18-31)14-6-5-8-23-7-3-4-9-25(23)36-20-22(2)30-27(28)33/h3-4,7,9-13,22,29H,5-6,8,14-20H2,1-2H3,(H,30,33)/t22-/m1/s1. The van der Waals surface area contributed by atoms with Crippen molar-refractivity contribution in [3.05, 3.63) is 59.7 Å². The minimum absolute atomic E-state index is 0.0182. The first-order valence-corrected chi connectivity index (χ1v) is 14.5. The summed E-state index contributed by atoms with van der Waals surface area (Å²) in [4.78, 5) is 28.1. The number of para-hydroxylation sites is 1. The number of hydrogen-bond donors (Lipinski definition) is 2. The van der Waals surface area contributed by atoms with Crippen molar-refractivity contribution in [3.8, 4) is 5.75 Å². The Labute approximate surface area is 219 Å². The SMILES string of the molecule is Cc1ccc(S(=O)(=O)NCC(=O)N2CCC3(CCCCc4ccccc4OC[C@@H](C)NC3=O)CC2)cc1. The predicted molar refractivity (Wildman–Crippen MR) is 142 cm³/mol. The molecule has 2 aliphatic rings. The summed E-state index contributed by atoms with van der Waals surface area (Å²) in [6.07, 6.45) is 4.62. The van der Waals surface area contributed by atoms with Gasteiger partial charge in [-0.05, 0) is 69.7 Å². The second-order valence-corrected chi connectivity index (χ2v) is 12.1. The van der Waals surface area contributed by atoms with Crippen molar-refractivity contribution in [1.82, 2.24) is 14.9 Å². The first-order chi connectivity index (χ1) is 17.7. The van der Waals surface area contributed by atoms with Crippen LogP contribution in [0.3, 0.4) is 0 Å². The molecule has 2 N–H and O–H groups in total. The van der Waals surface area contributed by atoms with E-state index in [1.54, 1.807) is 17.0 Å². The van der Waals surface area contributed by atoms with E-state index >= 15 is 0 Å². The summed E-state index contributed by atoms with van der Waals surface area (Å²) < 4.78 is 33.6. The van der Waals surface area contributed by atoms with Crippen LogP contribution >= 0.6 is 0 Å². The molecule has 200 valence electrons. The summed E-state index contributed by atoms with van der Waals surface area (Å²) in [6, 6.07) is 14.4. The molecular weight excluding hydrogens is 490 g/mol. The van der Waals surface area contributed by atoms with Crippen molar-refractivity contribution < 1.29 is 22.7 Å². The molecule has 1 atom stereocenters. The minimum atomic E-state index is -3.77. The summed E-state index contributed by atoms with van der Waals surface area (Å²) in [7, 11) is -3.77. The van der Waals surface area contributed by atoms with E-state index in [0.29, 0.717) is 32.5 Å². The van der Waals surface area contributed by atoms with Crippen molar-refractivity contribution in [2.75, 3.05) is 26.2 Å². The van der Waals surface area contributed by atoms with Crippen molar-refractivity contribution in [2.24, 2.45) is 5.41 Å². The number of piperidine rings is 1. The molecule has 0 radical (unpaired) electrons. The molecule has 2 heterocycles. The van der Waals surface area contributed by atoms with Crippen LogP contribution < -0.4 is 14.8 Å². The van der Waals surface area contributed by atoms with E-state index in [2.05, 4.69) is 16.1 Å². The molecule has 1 fully saturated rings. The van der Waals surface area contributed by atoms with Crippen LogP contribution in [0.5, 0.6) is 5.75 Å². The highest BCUT2D eigenvalue weighted by atomic mass is 32.2. The Hall–Kier alpha value is -2.91. The zero-order valence-corrected chi connectivity index (χ0v) is 22.5. The van der Waals surface area contributed by atoms with Gasteiger partial charge in [-0.3, -0.25) is 9.59 Å². The highest BCUT2D eigenvalue weighted by molar-refractivity contribution is 7.89. The molecular formula is C28H37N3O5S. The van der Waals surface area contributed by atoms with E-state index in [9.17, 15) is 18.0 Å². The van der Waals surface area contributed by atoms with Crippen LogP contribution in [0.4, 0.5) is 0 Å². The molecule has 0 bridgehead atoms. The van der Waals surface area contributed by atoms with Crippen LogP contribution in [-0.2, 0) is 26.0 Å². The summed E-state index contributed by atoms with van der Waals surface area (Å²) in [5.74, 6) is 0.616. The van der Waals surface area contributed by atoms with E-state index in [1.807, 2.05) is 32.0 Å². The van der Waals surface area contributed by atoms with Crippen LogP contribution in [0.25, 0.3) is 0 Å². The maximum absolute atomic E-state index is 13.4. The van der Waals surface area contributed by atoms with Crippen LogP contribution in [0, 0.1) is 12.3 Å². The first-order valence-electron chi connectivity index (χ1n) is 13.0. The second-order valence-electron chi connectivity index (χ2n) is 10.3. The normalized spacial score (nSPS) is 20.6. The van der Waals surface area contributed by atoms with Gasteiger partial charge in [0.25, 0.3) is 0 Å². The highest BCUT2D eigenvalue weighted by Gasteiger charge is 2.42. The number of sulfonamides is 1. The van der Waals surface area contributed by atoms with Gasteiger partial charge in [-0.25, -0.2) is 13.1 Å². The minimum Gasteiger partial charge on any atom is -0.491 e. The number of rotatable bonds is 4. The molecule has 0 aliphatic carbocycles. The number of amides is 2. The molecule has 0 aromatic heterocycles. The quantitative estimate of drug-likeness (QED) is 0.636. The number of likely N-dealkylation sites (tertiary alicyclic amines) is 1. The van der Waals surface area contributed by atoms with E-state index in [4.69, 9.17) is 4.74 Å². The predicted octanol–water partition coefficient (Wildman–Crippen LogP) is 3.19. The van der Waals surface area contributed by atoms with Gasteiger partial charge in [0.05, 0.1) is 22.9 Å². The fourth-order valence-corrected chi connectivity index (χ4v) is 6.08. The van der Waals surface area contributed by atoms with Crippen molar-refractivity contribution >= 4 is 21.8 Å². The largest absolute Gasteiger partial charge is 0.491 e. The molecule has 37 heavy (non-hydrogen) atoms. The average molecular weight is 528 g/mol. The fraction of sp³-hybridized carbons (Fsp3) is 0.500. The number of ether oxygens (including phenoxy) is 1. The van der Waals surface area contributed by atoms with E-state index in [1.165, 1.54) is 17.7 Å². The van der Waals surface area contributed by atoms with Crippen LogP contribution in [0.1, 0.15) is 50.2 Å². The Morgan fingerprint density at radius 2 is 1.78 bits per heavy atom. The van der Waals surface area contributed by atoms with Gasteiger partial charge in [0.15, 0.2) is 0 Å². The van der Waals surface area contributed by atoms with E-state index in [0.717, 1.165) is 37.0 Å². The number of nitrogens with one attached hydrogen (secondary N) is 2. The van der Waals surface area contributed by atoms with Gasteiger partial charge in [-0.2, -0.15) is 0 Å². The topological polar surface area (TPSA) is 105 Å². The molecule has 2 aliphatic heterocycles. The van der Waals surface area contributed by atoms with Crippen LogP contribution in [0.15, 0.2) is 53.4 Å². The maximum Gasteiger partial charge on any atom is 0.241 e. The number of carbonyl (C=O) groups excluding carboxylic acids is 2. The molecule has 2 aromatic rings. The van der Waals surface area contributed by atoms with E-state index in [-0.39, 0.29) is 29.3 Å². The number of nitrogens with zero attached hydrogens (tertiary/aromatic N) is 1. The fourth-order valence-electron chi connectivity index (χ4n) is 5.11. The summed E-state index contributed by atoms with van der Waals surface area (Å²) in [5.41, 5.74) is 1.61. The highest BCUT2D eigenvalue weighted by Crippen LogP contribution is 2.38. The third kappa shape index (κ3) is 6.70. The lowest BCUT2D eigenvalue weighted by atomic mass is 9.73. The van der Waals surface area contributed by atoms with Gasteiger partial charge in [0, 0.05) is 13.1 Å². The smallest absolute Gasteiger partial charge is 0.241 e. The zero-order chi connectivity index (χ0) is 26.5. The second kappa shape index (κ2) is 11.6. The lowest BCUT2D eigenvalue weighted by Crippen LogP contribution is -2.53.